The topological polar surface area (TPSA) is 38.8 Å². The monoisotopic (exact) mass is 335 g/mol. The maximum atomic E-state index is 12.4. The van der Waals surface area contributed by atoms with E-state index in [2.05, 4.69) is 13.0 Å². The minimum atomic E-state index is -0.0443. The van der Waals surface area contributed by atoms with Crippen LogP contribution in [0.4, 0.5) is 0 Å². The molecule has 1 aromatic carbocycles. The molecule has 0 radical (unpaired) electrons. The van der Waals surface area contributed by atoms with Crippen LogP contribution < -0.4 is 4.74 Å². The van der Waals surface area contributed by atoms with Crippen LogP contribution in [0.5, 0.6) is 5.75 Å². The van der Waals surface area contributed by atoms with Gasteiger partial charge in [-0.15, -0.1) is 0 Å². The molecule has 1 atom stereocenters. The highest BCUT2D eigenvalue weighted by molar-refractivity contribution is 8.26. The van der Waals surface area contributed by atoms with Gasteiger partial charge in [0.25, 0.3) is 5.91 Å². The van der Waals surface area contributed by atoms with Crippen LogP contribution in [0.15, 0.2) is 23.1 Å². The molecule has 0 spiro atoms. The van der Waals surface area contributed by atoms with Gasteiger partial charge in [-0.05, 0) is 36.3 Å². The Bertz CT molecular complexity index is 657. The number of benzene rings is 1. The molecule has 0 aliphatic carbocycles. The minimum absolute atomic E-state index is 0.0443. The van der Waals surface area contributed by atoms with Crippen molar-refractivity contribution in [1.82, 2.24) is 4.90 Å². The first-order chi connectivity index (χ1) is 10.6. The second-order valence-electron chi connectivity index (χ2n) is 5.33. The van der Waals surface area contributed by atoms with E-state index in [1.54, 1.807) is 12.0 Å². The Morgan fingerprint density at radius 1 is 1.55 bits per heavy atom. The summed E-state index contributed by atoms with van der Waals surface area (Å²) in [4.78, 5) is 14.6. The third-order valence-corrected chi connectivity index (χ3v) is 4.99. The van der Waals surface area contributed by atoms with Crippen LogP contribution in [0, 0.1) is 0 Å². The molecule has 1 saturated heterocycles. The third-order valence-electron chi connectivity index (χ3n) is 3.61. The highest BCUT2D eigenvalue weighted by Crippen LogP contribution is 2.34. The van der Waals surface area contributed by atoms with Crippen molar-refractivity contribution in [3.8, 4) is 5.75 Å². The van der Waals surface area contributed by atoms with Crippen LogP contribution in [-0.2, 0) is 16.0 Å². The lowest BCUT2D eigenvalue weighted by Gasteiger charge is -2.12. The molecule has 0 bridgehead atoms. The number of carbonyl (C=O) groups excluding carboxylic acids is 1. The number of ether oxygens (including phenoxy) is 2. The van der Waals surface area contributed by atoms with Gasteiger partial charge in [-0.2, -0.15) is 0 Å². The zero-order chi connectivity index (χ0) is 15.7. The van der Waals surface area contributed by atoms with Crippen molar-refractivity contribution in [2.24, 2.45) is 0 Å². The van der Waals surface area contributed by atoms with Crippen LogP contribution in [0.2, 0.25) is 0 Å². The number of methoxy groups -OCH3 is 1. The number of rotatable bonds is 4. The summed E-state index contributed by atoms with van der Waals surface area (Å²) in [5.41, 5.74) is 2.19. The van der Waals surface area contributed by atoms with E-state index in [0.29, 0.717) is 22.4 Å². The lowest BCUT2D eigenvalue weighted by Crippen LogP contribution is -2.31. The molecule has 0 N–H and O–H groups in total. The molecule has 1 amide bonds. The fourth-order valence-corrected chi connectivity index (χ4v) is 3.87. The number of hydrogen-bond donors (Lipinski definition) is 0. The molecule has 2 heterocycles. The molecular formula is C16H17NO3S2. The van der Waals surface area contributed by atoms with Gasteiger partial charge in [-0.3, -0.25) is 9.69 Å². The molecule has 0 aromatic heterocycles. The molecule has 3 rings (SSSR count). The zero-order valence-corrected chi connectivity index (χ0v) is 14.1. The second kappa shape index (κ2) is 6.40. The van der Waals surface area contributed by atoms with Crippen molar-refractivity contribution >= 4 is 40.3 Å². The predicted molar refractivity (Wildman–Crippen MR) is 92.0 cm³/mol. The fraction of sp³-hybridized carbons (Fsp3) is 0.375. The first-order valence-electron chi connectivity index (χ1n) is 7.12. The van der Waals surface area contributed by atoms with Gasteiger partial charge < -0.3 is 9.47 Å². The smallest absolute Gasteiger partial charge is 0.266 e. The fourth-order valence-electron chi connectivity index (χ4n) is 2.56. The van der Waals surface area contributed by atoms with Crippen molar-refractivity contribution in [1.29, 1.82) is 0 Å². The standard InChI is InChI=1S/C16H17NO3S2/c1-10-7-12-8-11(3-4-13(12)20-10)9-14-15(18)17(5-6-19-2)16(21)22-14/h3-4,8-10H,5-7H2,1-2H3/b14-9+/t10-/m0/s1. The summed E-state index contributed by atoms with van der Waals surface area (Å²) < 4.78 is 11.3. The Morgan fingerprint density at radius 3 is 3.14 bits per heavy atom. The van der Waals surface area contributed by atoms with Crippen molar-refractivity contribution < 1.29 is 14.3 Å². The van der Waals surface area contributed by atoms with Crippen molar-refractivity contribution in [2.45, 2.75) is 19.4 Å². The Balaban J connectivity index is 1.80. The van der Waals surface area contributed by atoms with Gasteiger partial charge in [0.15, 0.2) is 0 Å². The maximum Gasteiger partial charge on any atom is 0.266 e. The van der Waals surface area contributed by atoms with E-state index in [-0.39, 0.29) is 12.0 Å². The number of nitrogens with zero attached hydrogens (tertiary/aromatic N) is 1. The summed E-state index contributed by atoms with van der Waals surface area (Å²) in [5, 5.41) is 0. The zero-order valence-electron chi connectivity index (χ0n) is 12.5. The molecule has 0 unspecified atom stereocenters. The van der Waals surface area contributed by atoms with Gasteiger partial charge in [0.05, 0.1) is 18.1 Å². The Hall–Kier alpha value is -1.37. The summed E-state index contributed by atoms with van der Waals surface area (Å²) in [5.74, 6) is 0.898. The van der Waals surface area contributed by atoms with Gasteiger partial charge in [-0.25, -0.2) is 0 Å². The number of hydrogen-bond acceptors (Lipinski definition) is 5. The van der Waals surface area contributed by atoms with Gasteiger partial charge in [0.1, 0.15) is 16.2 Å². The quantitative estimate of drug-likeness (QED) is 0.625. The number of amides is 1. The van der Waals surface area contributed by atoms with Gasteiger partial charge >= 0.3 is 0 Å². The van der Waals surface area contributed by atoms with E-state index in [4.69, 9.17) is 21.7 Å². The largest absolute Gasteiger partial charge is 0.490 e. The number of fused-ring (bicyclic) bond motifs is 1. The Labute approximate surface area is 139 Å². The lowest BCUT2D eigenvalue weighted by atomic mass is 10.1. The molecule has 2 aliphatic rings. The number of carbonyl (C=O) groups is 1. The van der Waals surface area contributed by atoms with E-state index in [9.17, 15) is 4.79 Å². The summed E-state index contributed by atoms with van der Waals surface area (Å²) in [6.45, 7) is 3.03. The second-order valence-corrected chi connectivity index (χ2v) is 7.00. The highest BCUT2D eigenvalue weighted by atomic mass is 32.2. The van der Waals surface area contributed by atoms with Crippen molar-refractivity contribution in [3.63, 3.8) is 0 Å². The first kappa shape index (κ1) is 15.5. The summed E-state index contributed by atoms with van der Waals surface area (Å²) >= 11 is 6.61. The molecule has 1 aromatic rings. The molecular weight excluding hydrogens is 318 g/mol. The highest BCUT2D eigenvalue weighted by Gasteiger charge is 2.31. The number of thioether (sulfide) groups is 1. The van der Waals surface area contributed by atoms with Crippen LogP contribution in [0.1, 0.15) is 18.1 Å². The lowest BCUT2D eigenvalue weighted by molar-refractivity contribution is -0.122. The summed E-state index contributed by atoms with van der Waals surface area (Å²) in [6, 6.07) is 6.02. The van der Waals surface area contributed by atoms with Crippen LogP contribution in [0.3, 0.4) is 0 Å². The molecule has 22 heavy (non-hydrogen) atoms. The normalized spacial score (nSPS) is 22.4. The maximum absolute atomic E-state index is 12.4. The molecule has 116 valence electrons. The van der Waals surface area contributed by atoms with E-state index in [1.165, 1.54) is 17.3 Å². The Morgan fingerprint density at radius 2 is 2.36 bits per heavy atom. The molecule has 1 fully saturated rings. The summed E-state index contributed by atoms with van der Waals surface area (Å²) in [7, 11) is 1.61. The average Bonchev–Trinajstić information content (AvgIpc) is 2.97. The van der Waals surface area contributed by atoms with Crippen LogP contribution in [0.25, 0.3) is 6.08 Å². The Kier molecular flexibility index (Phi) is 4.52. The average molecular weight is 335 g/mol. The SMILES string of the molecule is COCCN1C(=O)/C(=C\c2ccc3c(c2)C[C@H](C)O3)SC1=S. The number of thiocarbonyl (C=S) groups is 1. The molecule has 2 aliphatic heterocycles. The van der Waals surface area contributed by atoms with E-state index in [0.717, 1.165) is 17.7 Å². The van der Waals surface area contributed by atoms with Crippen LogP contribution in [-0.4, -0.2) is 41.5 Å². The summed E-state index contributed by atoms with van der Waals surface area (Å²) in [6.07, 6.45) is 3.03. The van der Waals surface area contributed by atoms with Gasteiger partial charge in [0.2, 0.25) is 0 Å². The first-order valence-corrected chi connectivity index (χ1v) is 8.35. The van der Waals surface area contributed by atoms with Crippen molar-refractivity contribution in [2.75, 3.05) is 20.3 Å². The molecule has 0 saturated carbocycles. The molecule has 4 nitrogen and oxygen atoms in total. The van der Waals surface area contributed by atoms with Crippen molar-refractivity contribution in [3.05, 3.63) is 34.2 Å². The van der Waals surface area contributed by atoms with E-state index < -0.39 is 0 Å². The van der Waals surface area contributed by atoms with E-state index >= 15 is 0 Å². The van der Waals surface area contributed by atoms with E-state index in [1.807, 2.05) is 18.2 Å². The molecule has 6 heteroatoms. The third kappa shape index (κ3) is 3.04. The minimum Gasteiger partial charge on any atom is -0.490 e. The van der Waals surface area contributed by atoms with Gasteiger partial charge in [-0.1, -0.05) is 30.0 Å². The van der Waals surface area contributed by atoms with Gasteiger partial charge in [0, 0.05) is 13.5 Å². The van der Waals surface area contributed by atoms with Crippen LogP contribution >= 0.6 is 24.0 Å². The predicted octanol–water partition coefficient (Wildman–Crippen LogP) is 2.86.